The Morgan fingerprint density at radius 3 is 2.54 bits per heavy atom. The number of rotatable bonds is 4. The van der Waals surface area contributed by atoms with Crippen molar-refractivity contribution in [3.8, 4) is 11.8 Å². The second-order valence-electron chi connectivity index (χ2n) is 5.56. The monoisotopic (exact) mass is 351 g/mol. The van der Waals surface area contributed by atoms with Crippen molar-refractivity contribution in [3.05, 3.63) is 64.9 Å². The smallest absolute Gasteiger partial charge is 0.371 e. The third-order valence-electron chi connectivity index (χ3n) is 3.47. The van der Waals surface area contributed by atoms with Crippen molar-refractivity contribution in [2.45, 2.75) is 13.8 Å². The van der Waals surface area contributed by atoms with E-state index in [1.807, 2.05) is 44.2 Å². The molecule has 0 fully saturated rings. The number of fused-ring (bicyclic) bond motifs is 1. The number of nitrogens with zero attached hydrogens (tertiary/aromatic N) is 1. The van der Waals surface area contributed by atoms with Gasteiger partial charge in [-0.3, -0.25) is 4.79 Å². The summed E-state index contributed by atoms with van der Waals surface area (Å²) < 4.78 is 10.2. The quantitative estimate of drug-likeness (QED) is 0.709. The number of nitriles is 1. The molecule has 6 heteroatoms. The van der Waals surface area contributed by atoms with Gasteiger partial charge in [-0.05, 0) is 49.2 Å². The van der Waals surface area contributed by atoms with E-state index in [1.54, 1.807) is 12.1 Å². The number of aromatic carboxylic acids is 1. The van der Waals surface area contributed by atoms with Crippen LogP contribution in [0.1, 0.15) is 32.0 Å². The minimum atomic E-state index is -1.03. The molecular weight excluding hydrogens is 334 g/mol. The molecule has 0 aliphatic heterocycles. The lowest BCUT2D eigenvalue weighted by atomic mass is 10.1. The number of hydrogen-bond donors (Lipinski definition) is 1. The van der Waals surface area contributed by atoms with Gasteiger partial charge >= 0.3 is 5.97 Å². The molecule has 1 aromatic heterocycles. The van der Waals surface area contributed by atoms with Gasteiger partial charge in [0, 0.05) is 5.39 Å². The molecule has 26 heavy (non-hydrogen) atoms. The molecule has 0 aliphatic rings. The normalized spacial score (nSPS) is 9.73. The zero-order valence-electron chi connectivity index (χ0n) is 14.4. The zero-order valence-corrected chi connectivity index (χ0v) is 14.4. The number of aldehydes is 1. The van der Waals surface area contributed by atoms with Crippen LogP contribution in [0.15, 0.2) is 46.9 Å². The average Bonchev–Trinajstić information content (AvgIpc) is 3.04. The van der Waals surface area contributed by atoms with Gasteiger partial charge in [0.25, 0.3) is 0 Å². The maximum Gasteiger partial charge on any atom is 0.371 e. The molecule has 6 nitrogen and oxygen atoms in total. The van der Waals surface area contributed by atoms with Crippen LogP contribution in [0.2, 0.25) is 0 Å². The molecule has 0 saturated carbocycles. The lowest BCUT2D eigenvalue weighted by molar-refractivity contribution is 0.0665. The number of carboxylic acid groups (broad SMARTS) is 1. The highest BCUT2D eigenvalue weighted by Crippen LogP contribution is 2.20. The predicted molar refractivity (Wildman–Crippen MR) is 95.6 cm³/mol. The van der Waals surface area contributed by atoms with Crippen molar-refractivity contribution >= 4 is 23.2 Å². The van der Waals surface area contributed by atoms with E-state index in [9.17, 15) is 9.59 Å². The lowest BCUT2D eigenvalue weighted by Gasteiger charge is -2.04. The first-order chi connectivity index (χ1) is 12.4. The van der Waals surface area contributed by atoms with Crippen LogP contribution in [0.3, 0.4) is 0 Å². The van der Waals surface area contributed by atoms with Crippen LogP contribution in [0.5, 0.6) is 5.75 Å². The summed E-state index contributed by atoms with van der Waals surface area (Å²) >= 11 is 0. The summed E-state index contributed by atoms with van der Waals surface area (Å²) in [5.74, 6) is -0.578. The van der Waals surface area contributed by atoms with Crippen molar-refractivity contribution in [3.63, 3.8) is 0 Å². The summed E-state index contributed by atoms with van der Waals surface area (Å²) in [4.78, 5) is 21.1. The molecule has 0 aliphatic carbocycles. The Labute approximate surface area is 150 Å². The van der Waals surface area contributed by atoms with E-state index < -0.39 is 5.97 Å². The first kappa shape index (κ1) is 18.7. The molecular formula is C20H17NO5. The number of aryl methyl sites for hydroxylation is 2. The van der Waals surface area contributed by atoms with Crippen molar-refractivity contribution in [1.82, 2.24) is 0 Å². The minimum absolute atomic E-state index is 0.0133. The highest BCUT2D eigenvalue weighted by molar-refractivity contribution is 5.91. The SMILES string of the molecule is Cc1ccc(C=O)c(OCC#N)c1.Cc1ccc2cc(C(=O)O)oc2c1. The predicted octanol–water partition coefficient (Wildman–Crippen LogP) is 4.15. The van der Waals surface area contributed by atoms with Gasteiger partial charge in [0.1, 0.15) is 17.4 Å². The maximum atomic E-state index is 10.6. The molecule has 0 amide bonds. The molecule has 1 N–H and O–H groups in total. The van der Waals surface area contributed by atoms with Gasteiger partial charge in [-0.25, -0.2) is 4.79 Å². The molecule has 3 aromatic rings. The average molecular weight is 351 g/mol. The Kier molecular flexibility index (Phi) is 6.12. The summed E-state index contributed by atoms with van der Waals surface area (Å²) in [5, 5.41) is 17.8. The molecule has 1 heterocycles. The molecule has 0 radical (unpaired) electrons. The second-order valence-corrected chi connectivity index (χ2v) is 5.56. The third-order valence-corrected chi connectivity index (χ3v) is 3.47. The summed E-state index contributed by atoms with van der Waals surface area (Å²) in [6.45, 7) is 3.79. The van der Waals surface area contributed by atoms with Crippen LogP contribution >= 0.6 is 0 Å². The van der Waals surface area contributed by atoms with E-state index in [2.05, 4.69) is 0 Å². The number of ether oxygens (including phenoxy) is 1. The van der Waals surface area contributed by atoms with Gasteiger partial charge in [0.2, 0.25) is 5.76 Å². The summed E-state index contributed by atoms with van der Waals surface area (Å²) in [6, 6.07) is 14.2. The van der Waals surface area contributed by atoms with Crippen molar-refractivity contribution in [2.24, 2.45) is 0 Å². The Balaban J connectivity index is 0.000000187. The highest BCUT2D eigenvalue weighted by atomic mass is 16.5. The number of benzene rings is 2. The molecule has 132 valence electrons. The summed E-state index contributed by atoms with van der Waals surface area (Å²) in [7, 11) is 0. The summed E-state index contributed by atoms with van der Waals surface area (Å²) in [5.41, 5.74) is 3.15. The minimum Gasteiger partial charge on any atom is -0.478 e. The standard InChI is InChI=1S/C10H9NO2.C10H8O3/c1-8-2-3-9(7-12)10(6-8)13-5-4-11;1-6-2-3-7-5-9(10(11)12)13-8(7)4-6/h2-3,6-7H,5H2,1H3;2-5H,1H3,(H,11,12). The van der Waals surface area contributed by atoms with Crippen LogP contribution in [0.25, 0.3) is 11.0 Å². The second kappa shape index (κ2) is 8.49. The van der Waals surface area contributed by atoms with Crippen molar-refractivity contribution in [2.75, 3.05) is 6.61 Å². The summed E-state index contributed by atoms with van der Waals surface area (Å²) in [6.07, 6.45) is 0.714. The largest absolute Gasteiger partial charge is 0.478 e. The molecule has 0 bridgehead atoms. The van der Waals surface area contributed by atoms with E-state index in [0.717, 1.165) is 16.5 Å². The van der Waals surface area contributed by atoms with Gasteiger partial charge in [0.05, 0.1) is 5.56 Å². The highest BCUT2D eigenvalue weighted by Gasteiger charge is 2.09. The van der Waals surface area contributed by atoms with Gasteiger partial charge in [-0.15, -0.1) is 0 Å². The van der Waals surface area contributed by atoms with Gasteiger partial charge in [0.15, 0.2) is 12.9 Å². The molecule has 0 saturated heterocycles. The number of hydrogen-bond acceptors (Lipinski definition) is 5. The van der Waals surface area contributed by atoms with Crippen molar-refractivity contribution < 1.29 is 23.8 Å². The van der Waals surface area contributed by atoms with E-state index in [1.165, 1.54) is 6.07 Å². The number of carbonyl (C=O) groups is 2. The topological polar surface area (TPSA) is 101 Å². The van der Waals surface area contributed by atoms with Gasteiger partial charge < -0.3 is 14.3 Å². The van der Waals surface area contributed by atoms with E-state index in [4.69, 9.17) is 19.5 Å². The molecule has 3 rings (SSSR count). The van der Waals surface area contributed by atoms with Gasteiger partial charge in [-0.1, -0.05) is 18.2 Å². The van der Waals surface area contributed by atoms with Crippen LogP contribution in [-0.4, -0.2) is 24.0 Å². The van der Waals surface area contributed by atoms with E-state index in [0.29, 0.717) is 23.2 Å². The van der Waals surface area contributed by atoms with Crippen molar-refractivity contribution in [1.29, 1.82) is 5.26 Å². The number of carboxylic acids is 1. The van der Waals surface area contributed by atoms with Crippen LogP contribution in [-0.2, 0) is 0 Å². The maximum absolute atomic E-state index is 10.6. The fourth-order valence-corrected chi connectivity index (χ4v) is 2.22. The van der Waals surface area contributed by atoms with Gasteiger partial charge in [-0.2, -0.15) is 5.26 Å². The molecule has 0 spiro atoms. The van der Waals surface area contributed by atoms with Crippen LogP contribution in [0.4, 0.5) is 0 Å². The molecule has 0 atom stereocenters. The zero-order chi connectivity index (χ0) is 19.1. The van der Waals surface area contributed by atoms with E-state index in [-0.39, 0.29) is 12.4 Å². The first-order valence-corrected chi connectivity index (χ1v) is 7.73. The lowest BCUT2D eigenvalue weighted by Crippen LogP contribution is -1.97. The third kappa shape index (κ3) is 4.71. The fourth-order valence-electron chi connectivity index (χ4n) is 2.22. The fraction of sp³-hybridized carbons (Fsp3) is 0.150. The Bertz CT molecular complexity index is 982. The first-order valence-electron chi connectivity index (χ1n) is 7.73. The number of carbonyl (C=O) groups excluding carboxylic acids is 1. The van der Waals surface area contributed by atoms with Crippen LogP contribution in [0, 0.1) is 25.2 Å². The van der Waals surface area contributed by atoms with E-state index >= 15 is 0 Å². The molecule has 0 unspecified atom stereocenters. The molecule has 2 aromatic carbocycles. The Hall–Kier alpha value is -3.59. The van der Waals surface area contributed by atoms with Crippen LogP contribution < -0.4 is 4.74 Å². The Morgan fingerprint density at radius 2 is 1.88 bits per heavy atom. The Morgan fingerprint density at radius 1 is 1.19 bits per heavy atom. The number of furan rings is 1.